The van der Waals surface area contributed by atoms with Crippen molar-refractivity contribution in [2.45, 2.75) is 12.8 Å². The molecule has 0 aliphatic rings. The number of carbonyl (C=O) groups is 1. The fourth-order valence-electron chi connectivity index (χ4n) is 1.16. The Morgan fingerprint density at radius 3 is 2.62 bits per heavy atom. The van der Waals surface area contributed by atoms with E-state index in [9.17, 15) is 4.79 Å². The lowest BCUT2D eigenvalue weighted by atomic mass is 10.0. The maximum Gasteiger partial charge on any atom is 0.127 e. The highest BCUT2D eigenvalue weighted by Gasteiger charge is 2.04. The molecule has 0 aromatic heterocycles. The molecule has 0 fully saturated rings. The number of carbonyl (C=O) groups excluding carboxylic acids is 1. The van der Waals surface area contributed by atoms with Gasteiger partial charge in [0.1, 0.15) is 6.29 Å². The van der Waals surface area contributed by atoms with E-state index in [1.54, 1.807) is 0 Å². The van der Waals surface area contributed by atoms with Crippen LogP contribution in [0.1, 0.15) is 18.4 Å². The van der Waals surface area contributed by atoms with E-state index in [2.05, 4.69) is 0 Å². The first-order valence-corrected chi connectivity index (χ1v) is 4.37. The summed E-state index contributed by atoms with van der Waals surface area (Å²) < 4.78 is 0. The van der Waals surface area contributed by atoms with Gasteiger partial charge in [0.25, 0.3) is 0 Å². The summed E-state index contributed by atoms with van der Waals surface area (Å²) in [6, 6.07) is 8.02. The third-order valence-electron chi connectivity index (χ3n) is 2.12. The van der Waals surface area contributed by atoms with Gasteiger partial charge in [0, 0.05) is 25.7 Å². The van der Waals surface area contributed by atoms with Gasteiger partial charge in [-0.2, -0.15) is 0 Å². The molecule has 0 aliphatic carbocycles. The first kappa shape index (κ1) is 9.78. The van der Waals surface area contributed by atoms with Crippen molar-refractivity contribution in [1.82, 2.24) is 0 Å². The number of aldehydes is 1. The van der Waals surface area contributed by atoms with Crippen LogP contribution in [-0.2, 0) is 4.79 Å². The molecule has 0 N–H and O–H groups in total. The van der Waals surface area contributed by atoms with Crippen LogP contribution in [0.5, 0.6) is 0 Å². The van der Waals surface area contributed by atoms with E-state index < -0.39 is 0 Å². The lowest BCUT2D eigenvalue weighted by molar-refractivity contribution is -0.108. The van der Waals surface area contributed by atoms with Gasteiger partial charge >= 0.3 is 0 Å². The largest absolute Gasteiger partial charge is 0.378 e. The van der Waals surface area contributed by atoms with Crippen LogP contribution in [-0.4, -0.2) is 20.4 Å². The van der Waals surface area contributed by atoms with Gasteiger partial charge in [0.15, 0.2) is 0 Å². The van der Waals surface area contributed by atoms with Crippen LogP contribution in [0.15, 0.2) is 24.3 Å². The standard InChI is InChI=1S/C11H15NO/c1-9(8-13)10-5-4-6-11(7-10)12(2)3/h4-9H,1-3H3. The van der Waals surface area contributed by atoms with E-state index in [4.69, 9.17) is 0 Å². The zero-order valence-electron chi connectivity index (χ0n) is 8.32. The second-order valence-electron chi connectivity index (χ2n) is 3.41. The molecular formula is C11H15NO. The molecule has 1 unspecified atom stereocenters. The van der Waals surface area contributed by atoms with Crippen LogP contribution < -0.4 is 4.90 Å². The number of hydrogen-bond acceptors (Lipinski definition) is 2. The third-order valence-corrected chi connectivity index (χ3v) is 2.12. The minimum Gasteiger partial charge on any atom is -0.378 e. The second-order valence-corrected chi connectivity index (χ2v) is 3.41. The van der Waals surface area contributed by atoms with Crippen molar-refractivity contribution in [2.75, 3.05) is 19.0 Å². The zero-order chi connectivity index (χ0) is 9.84. The molecule has 0 radical (unpaired) electrons. The predicted octanol–water partition coefficient (Wildman–Crippen LogP) is 2.05. The van der Waals surface area contributed by atoms with Gasteiger partial charge in [-0.3, -0.25) is 0 Å². The molecule has 1 aromatic carbocycles. The normalized spacial score (nSPS) is 12.2. The Morgan fingerprint density at radius 2 is 2.08 bits per heavy atom. The molecule has 0 heterocycles. The van der Waals surface area contributed by atoms with E-state index in [0.717, 1.165) is 17.5 Å². The second kappa shape index (κ2) is 4.08. The van der Waals surface area contributed by atoms with Gasteiger partial charge in [0.05, 0.1) is 0 Å². The predicted molar refractivity (Wildman–Crippen MR) is 55.2 cm³/mol. The number of anilines is 1. The molecule has 1 aromatic rings. The first-order chi connectivity index (χ1) is 6.15. The molecular weight excluding hydrogens is 162 g/mol. The Kier molecular flexibility index (Phi) is 3.07. The first-order valence-electron chi connectivity index (χ1n) is 4.37. The molecule has 13 heavy (non-hydrogen) atoms. The molecule has 0 amide bonds. The van der Waals surface area contributed by atoms with E-state index in [1.165, 1.54) is 0 Å². The van der Waals surface area contributed by atoms with Crippen LogP contribution >= 0.6 is 0 Å². The fourth-order valence-corrected chi connectivity index (χ4v) is 1.16. The van der Waals surface area contributed by atoms with Gasteiger partial charge in [-0.15, -0.1) is 0 Å². The molecule has 0 bridgehead atoms. The maximum absolute atomic E-state index is 10.6. The Morgan fingerprint density at radius 1 is 1.38 bits per heavy atom. The summed E-state index contributed by atoms with van der Waals surface area (Å²) in [6.45, 7) is 1.90. The van der Waals surface area contributed by atoms with Crippen molar-refractivity contribution in [3.8, 4) is 0 Å². The third kappa shape index (κ3) is 2.31. The minimum absolute atomic E-state index is 0.0140. The number of rotatable bonds is 3. The van der Waals surface area contributed by atoms with Gasteiger partial charge in [-0.05, 0) is 17.7 Å². The average Bonchev–Trinajstić information content (AvgIpc) is 2.17. The van der Waals surface area contributed by atoms with E-state index >= 15 is 0 Å². The molecule has 0 saturated heterocycles. The van der Waals surface area contributed by atoms with Crippen molar-refractivity contribution in [2.24, 2.45) is 0 Å². The quantitative estimate of drug-likeness (QED) is 0.659. The summed E-state index contributed by atoms with van der Waals surface area (Å²) in [5, 5.41) is 0. The molecule has 0 aliphatic heterocycles. The van der Waals surface area contributed by atoms with Crippen LogP contribution in [0.2, 0.25) is 0 Å². The molecule has 1 atom stereocenters. The summed E-state index contributed by atoms with van der Waals surface area (Å²) in [7, 11) is 3.98. The molecule has 0 saturated carbocycles. The van der Waals surface area contributed by atoms with Gasteiger partial charge < -0.3 is 9.69 Å². The fraction of sp³-hybridized carbons (Fsp3) is 0.364. The van der Waals surface area contributed by atoms with E-state index in [0.29, 0.717) is 0 Å². The lowest BCUT2D eigenvalue weighted by Crippen LogP contribution is -2.09. The van der Waals surface area contributed by atoms with Gasteiger partial charge in [-0.25, -0.2) is 0 Å². The number of benzene rings is 1. The smallest absolute Gasteiger partial charge is 0.127 e. The Hall–Kier alpha value is -1.31. The van der Waals surface area contributed by atoms with Crippen molar-refractivity contribution < 1.29 is 4.79 Å². The SMILES string of the molecule is CC(C=O)c1cccc(N(C)C)c1. The topological polar surface area (TPSA) is 20.3 Å². The highest BCUT2D eigenvalue weighted by Crippen LogP contribution is 2.18. The van der Waals surface area contributed by atoms with Crippen LogP contribution in [0.4, 0.5) is 5.69 Å². The van der Waals surface area contributed by atoms with Crippen molar-refractivity contribution in [1.29, 1.82) is 0 Å². The zero-order valence-corrected chi connectivity index (χ0v) is 8.32. The lowest BCUT2D eigenvalue weighted by Gasteiger charge is -2.14. The molecule has 70 valence electrons. The average molecular weight is 177 g/mol. The number of nitrogens with zero attached hydrogens (tertiary/aromatic N) is 1. The molecule has 2 heteroatoms. The minimum atomic E-state index is -0.0140. The molecule has 0 spiro atoms. The summed E-state index contributed by atoms with van der Waals surface area (Å²) in [4.78, 5) is 12.6. The summed E-state index contributed by atoms with van der Waals surface area (Å²) in [5.41, 5.74) is 2.20. The van der Waals surface area contributed by atoms with Crippen LogP contribution in [0, 0.1) is 0 Å². The van der Waals surface area contributed by atoms with Crippen molar-refractivity contribution in [3.63, 3.8) is 0 Å². The van der Waals surface area contributed by atoms with E-state index in [1.807, 2.05) is 50.2 Å². The number of hydrogen-bond donors (Lipinski definition) is 0. The summed E-state index contributed by atoms with van der Waals surface area (Å²) in [5.74, 6) is -0.0140. The maximum atomic E-state index is 10.6. The highest BCUT2D eigenvalue weighted by atomic mass is 16.1. The molecule has 2 nitrogen and oxygen atoms in total. The Balaban J connectivity index is 2.97. The van der Waals surface area contributed by atoms with Crippen molar-refractivity contribution in [3.05, 3.63) is 29.8 Å². The van der Waals surface area contributed by atoms with Gasteiger partial charge in [-0.1, -0.05) is 19.1 Å². The summed E-state index contributed by atoms with van der Waals surface area (Å²) >= 11 is 0. The highest BCUT2D eigenvalue weighted by molar-refractivity contribution is 5.63. The van der Waals surface area contributed by atoms with E-state index in [-0.39, 0.29) is 5.92 Å². The van der Waals surface area contributed by atoms with Gasteiger partial charge in [0.2, 0.25) is 0 Å². The monoisotopic (exact) mass is 177 g/mol. The van der Waals surface area contributed by atoms with Crippen LogP contribution in [0.25, 0.3) is 0 Å². The summed E-state index contributed by atoms with van der Waals surface area (Å²) in [6.07, 6.45) is 0.967. The Labute approximate surface area is 79.2 Å². The van der Waals surface area contributed by atoms with Crippen molar-refractivity contribution >= 4 is 12.0 Å². The van der Waals surface area contributed by atoms with Crippen LogP contribution in [0.3, 0.4) is 0 Å². The molecule has 1 rings (SSSR count). The Bertz CT molecular complexity index is 294.